The number of hydrogen-bond donors (Lipinski definition) is 2. The number of likely N-dealkylation sites (N-methyl/N-ethyl adjacent to an activating group) is 1. The van der Waals surface area contributed by atoms with Crippen molar-refractivity contribution in [2.45, 2.75) is 45.2 Å². The molecule has 2 N–H and O–H groups in total. The molecule has 1 heterocycles. The minimum atomic E-state index is 0.411. The van der Waals surface area contributed by atoms with E-state index in [1.54, 1.807) is 0 Å². The van der Waals surface area contributed by atoms with Crippen molar-refractivity contribution in [1.29, 1.82) is 0 Å². The molecule has 0 saturated carbocycles. The van der Waals surface area contributed by atoms with Gasteiger partial charge in [0.2, 0.25) is 0 Å². The second-order valence-corrected chi connectivity index (χ2v) is 5.05. The number of hydrogen-bond acceptors (Lipinski definition) is 2. The topological polar surface area (TPSA) is 27.3 Å². The molecule has 1 fully saturated rings. The molecule has 0 aromatic rings. The molecule has 0 bridgehead atoms. The van der Waals surface area contributed by atoms with Gasteiger partial charge in [0.25, 0.3) is 0 Å². The smallest absolute Gasteiger partial charge is 0.166 e. The van der Waals surface area contributed by atoms with Crippen LogP contribution in [0, 0.1) is 0 Å². The van der Waals surface area contributed by atoms with Crippen molar-refractivity contribution >= 4 is 17.3 Å². The first kappa shape index (κ1) is 12.7. The Morgan fingerprint density at radius 2 is 2.20 bits per heavy atom. The van der Waals surface area contributed by atoms with Gasteiger partial charge in [-0.2, -0.15) is 0 Å². The van der Waals surface area contributed by atoms with Gasteiger partial charge in [0.05, 0.1) is 0 Å². The predicted octanol–water partition coefficient (Wildman–Crippen LogP) is 1.34. The first-order chi connectivity index (χ1) is 7.09. The van der Waals surface area contributed by atoms with Crippen molar-refractivity contribution in [2.75, 3.05) is 20.1 Å². The van der Waals surface area contributed by atoms with Gasteiger partial charge in [0.1, 0.15) is 0 Å². The average Bonchev–Trinajstić information content (AvgIpc) is 2.15. The molecule has 1 atom stereocenters. The van der Waals surface area contributed by atoms with E-state index in [1.807, 2.05) is 0 Å². The van der Waals surface area contributed by atoms with E-state index in [0.717, 1.165) is 11.7 Å². The highest BCUT2D eigenvalue weighted by Gasteiger charge is 2.18. The van der Waals surface area contributed by atoms with Gasteiger partial charge in [-0.15, -0.1) is 0 Å². The van der Waals surface area contributed by atoms with Crippen LogP contribution in [0.15, 0.2) is 0 Å². The van der Waals surface area contributed by atoms with E-state index < -0.39 is 0 Å². The van der Waals surface area contributed by atoms with Crippen LogP contribution in [0.1, 0.15) is 33.1 Å². The summed E-state index contributed by atoms with van der Waals surface area (Å²) in [5.74, 6) is 0. The van der Waals surface area contributed by atoms with E-state index in [0.29, 0.717) is 12.1 Å². The molecule has 0 aromatic carbocycles. The summed E-state index contributed by atoms with van der Waals surface area (Å²) in [6.45, 7) is 6.38. The van der Waals surface area contributed by atoms with Crippen molar-refractivity contribution in [1.82, 2.24) is 15.5 Å². The zero-order valence-corrected chi connectivity index (χ0v) is 10.9. The summed E-state index contributed by atoms with van der Waals surface area (Å²) in [5, 5.41) is 7.27. The van der Waals surface area contributed by atoms with Gasteiger partial charge in [-0.25, -0.2) is 0 Å². The van der Waals surface area contributed by atoms with Crippen molar-refractivity contribution in [3.05, 3.63) is 0 Å². The summed E-state index contributed by atoms with van der Waals surface area (Å²) in [7, 11) is 2.20. The largest absolute Gasteiger partial charge is 0.361 e. The lowest BCUT2D eigenvalue weighted by Gasteiger charge is -2.32. The average molecular weight is 229 g/mol. The number of piperidine rings is 1. The maximum atomic E-state index is 5.20. The highest BCUT2D eigenvalue weighted by Crippen LogP contribution is 2.13. The van der Waals surface area contributed by atoms with Crippen molar-refractivity contribution in [3.63, 3.8) is 0 Å². The minimum Gasteiger partial charge on any atom is -0.361 e. The molecule has 0 spiro atoms. The van der Waals surface area contributed by atoms with E-state index in [1.165, 1.54) is 25.8 Å². The quantitative estimate of drug-likeness (QED) is 0.714. The summed E-state index contributed by atoms with van der Waals surface area (Å²) in [4.78, 5) is 2.43. The molecule has 1 unspecified atom stereocenters. The van der Waals surface area contributed by atoms with E-state index in [2.05, 4.69) is 36.4 Å². The third-order valence-corrected chi connectivity index (χ3v) is 3.10. The lowest BCUT2D eigenvalue weighted by atomic mass is 10.0. The van der Waals surface area contributed by atoms with Crippen LogP contribution in [0.2, 0.25) is 0 Å². The molecule has 3 nitrogen and oxygen atoms in total. The lowest BCUT2D eigenvalue weighted by molar-refractivity contribution is 0.186. The fraction of sp³-hybridized carbons (Fsp3) is 0.909. The SMILES string of the molecule is CC(C)NC(=S)NCC1CCCCN1C. The predicted molar refractivity (Wildman–Crippen MR) is 69.1 cm³/mol. The van der Waals surface area contributed by atoms with Crippen molar-refractivity contribution in [3.8, 4) is 0 Å². The van der Waals surface area contributed by atoms with Gasteiger partial charge >= 0.3 is 0 Å². The summed E-state index contributed by atoms with van der Waals surface area (Å²) in [6, 6.07) is 1.06. The Morgan fingerprint density at radius 3 is 2.80 bits per heavy atom. The molecule has 0 aliphatic carbocycles. The number of nitrogens with zero attached hydrogens (tertiary/aromatic N) is 1. The minimum absolute atomic E-state index is 0.411. The van der Waals surface area contributed by atoms with E-state index >= 15 is 0 Å². The van der Waals surface area contributed by atoms with Gasteiger partial charge < -0.3 is 15.5 Å². The second kappa shape index (κ2) is 6.28. The van der Waals surface area contributed by atoms with Crippen LogP contribution >= 0.6 is 12.2 Å². The molecular weight excluding hydrogens is 206 g/mol. The Morgan fingerprint density at radius 1 is 1.47 bits per heavy atom. The Kier molecular flexibility index (Phi) is 5.32. The highest BCUT2D eigenvalue weighted by molar-refractivity contribution is 7.80. The maximum absolute atomic E-state index is 5.20. The van der Waals surface area contributed by atoms with Crippen molar-refractivity contribution in [2.24, 2.45) is 0 Å². The van der Waals surface area contributed by atoms with Crippen LogP contribution in [0.3, 0.4) is 0 Å². The molecule has 0 amide bonds. The van der Waals surface area contributed by atoms with Crippen LogP contribution in [0.25, 0.3) is 0 Å². The molecule has 1 aliphatic heterocycles. The van der Waals surface area contributed by atoms with E-state index in [9.17, 15) is 0 Å². The molecule has 1 rings (SSSR count). The van der Waals surface area contributed by atoms with Crippen LogP contribution in [0.4, 0.5) is 0 Å². The summed E-state index contributed by atoms with van der Waals surface area (Å²) in [5.41, 5.74) is 0. The molecule has 1 aliphatic rings. The fourth-order valence-electron chi connectivity index (χ4n) is 1.93. The molecule has 88 valence electrons. The van der Waals surface area contributed by atoms with E-state index in [4.69, 9.17) is 12.2 Å². The number of nitrogens with one attached hydrogen (secondary N) is 2. The van der Waals surface area contributed by atoms with Gasteiger partial charge in [0, 0.05) is 18.6 Å². The van der Waals surface area contributed by atoms with Gasteiger partial charge in [-0.3, -0.25) is 0 Å². The van der Waals surface area contributed by atoms with Crippen LogP contribution in [-0.4, -0.2) is 42.2 Å². The monoisotopic (exact) mass is 229 g/mol. The number of rotatable bonds is 3. The van der Waals surface area contributed by atoms with Crippen LogP contribution in [0.5, 0.6) is 0 Å². The number of thiocarbonyl (C=S) groups is 1. The lowest BCUT2D eigenvalue weighted by Crippen LogP contribution is -2.48. The first-order valence-corrected chi connectivity index (χ1v) is 6.25. The first-order valence-electron chi connectivity index (χ1n) is 5.84. The second-order valence-electron chi connectivity index (χ2n) is 4.64. The molecule has 1 saturated heterocycles. The third-order valence-electron chi connectivity index (χ3n) is 2.84. The molecule has 4 heteroatoms. The zero-order valence-electron chi connectivity index (χ0n) is 10.0. The van der Waals surface area contributed by atoms with Gasteiger partial charge in [-0.05, 0) is 52.5 Å². The molecular formula is C11H23N3S. The summed E-state index contributed by atoms with van der Waals surface area (Å²) >= 11 is 5.20. The van der Waals surface area contributed by atoms with E-state index in [-0.39, 0.29) is 0 Å². The van der Waals surface area contributed by atoms with Crippen LogP contribution < -0.4 is 10.6 Å². The Labute approximate surface area is 98.6 Å². The highest BCUT2D eigenvalue weighted by atomic mass is 32.1. The Bertz CT molecular complexity index is 206. The summed E-state index contributed by atoms with van der Waals surface area (Å²) in [6.07, 6.45) is 3.97. The van der Waals surface area contributed by atoms with Crippen LogP contribution in [-0.2, 0) is 0 Å². The number of likely N-dealkylation sites (tertiary alicyclic amines) is 1. The third kappa shape index (κ3) is 4.80. The standard InChI is InChI=1S/C11H23N3S/c1-9(2)13-11(15)12-8-10-6-4-5-7-14(10)3/h9-10H,4-8H2,1-3H3,(H2,12,13,15). The van der Waals surface area contributed by atoms with Crippen molar-refractivity contribution < 1.29 is 0 Å². The van der Waals surface area contributed by atoms with Gasteiger partial charge in [-0.1, -0.05) is 6.42 Å². The molecule has 0 aromatic heterocycles. The zero-order chi connectivity index (χ0) is 11.3. The van der Waals surface area contributed by atoms with Gasteiger partial charge in [0.15, 0.2) is 5.11 Å². The Hall–Kier alpha value is -0.350. The fourth-order valence-corrected chi connectivity index (χ4v) is 2.24. The molecule has 0 radical (unpaired) electrons. The maximum Gasteiger partial charge on any atom is 0.166 e. The summed E-state index contributed by atoms with van der Waals surface area (Å²) < 4.78 is 0. The molecule has 15 heavy (non-hydrogen) atoms. The normalized spacial score (nSPS) is 22.8. The Balaban J connectivity index is 2.20.